The summed E-state index contributed by atoms with van der Waals surface area (Å²) < 4.78 is 2.20. The van der Waals surface area contributed by atoms with Crippen molar-refractivity contribution in [3.63, 3.8) is 0 Å². The second-order valence-corrected chi connectivity index (χ2v) is 4.90. The van der Waals surface area contributed by atoms with Gasteiger partial charge < -0.3 is 15.0 Å². The van der Waals surface area contributed by atoms with Crippen molar-refractivity contribution >= 4 is 5.52 Å². The fraction of sp³-hybridized carbons (Fsp3) is 0.462. The van der Waals surface area contributed by atoms with Crippen molar-refractivity contribution in [2.24, 2.45) is 5.73 Å². The molecule has 0 aliphatic carbocycles. The minimum Gasteiger partial charge on any atom is -0.326 e. The second-order valence-electron chi connectivity index (χ2n) is 4.90. The molecular formula is C13H18N4. The van der Waals surface area contributed by atoms with Crippen LogP contribution in [0.1, 0.15) is 23.7 Å². The van der Waals surface area contributed by atoms with Gasteiger partial charge in [0.2, 0.25) is 0 Å². The number of hydrogen-bond acceptors (Lipinski definition) is 3. The van der Waals surface area contributed by atoms with Crippen molar-refractivity contribution < 1.29 is 0 Å². The van der Waals surface area contributed by atoms with Crippen LogP contribution in [-0.4, -0.2) is 34.4 Å². The first kappa shape index (κ1) is 10.7. The van der Waals surface area contributed by atoms with E-state index in [1.54, 1.807) is 0 Å². The van der Waals surface area contributed by atoms with Gasteiger partial charge in [0, 0.05) is 25.2 Å². The van der Waals surface area contributed by atoms with Crippen LogP contribution in [0.3, 0.4) is 0 Å². The van der Waals surface area contributed by atoms with Crippen LogP contribution in [0.2, 0.25) is 0 Å². The molecule has 17 heavy (non-hydrogen) atoms. The molecule has 0 radical (unpaired) electrons. The first-order chi connectivity index (χ1) is 8.28. The maximum absolute atomic E-state index is 5.69. The van der Waals surface area contributed by atoms with E-state index in [0.717, 1.165) is 24.2 Å². The van der Waals surface area contributed by atoms with Gasteiger partial charge in [0.15, 0.2) is 0 Å². The molecular weight excluding hydrogens is 212 g/mol. The molecule has 4 heteroatoms. The van der Waals surface area contributed by atoms with Gasteiger partial charge in [-0.15, -0.1) is 0 Å². The maximum atomic E-state index is 5.69. The summed E-state index contributed by atoms with van der Waals surface area (Å²) in [4.78, 5) is 6.94. The van der Waals surface area contributed by atoms with Crippen LogP contribution < -0.4 is 5.73 Å². The van der Waals surface area contributed by atoms with Gasteiger partial charge in [-0.05, 0) is 31.6 Å². The van der Waals surface area contributed by atoms with E-state index in [9.17, 15) is 0 Å². The number of rotatable bonds is 2. The van der Waals surface area contributed by atoms with Crippen LogP contribution in [0.15, 0.2) is 24.5 Å². The first-order valence-corrected chi connectivity index (χ1v) is 6.12. The summed E-state index contributed by atoms with van der Waals surface area (Å²) in [6.45, 7) is 2.85. The fourth-order valence-electron chi connectivity index (χ4n) is 2.62. The Morgan fingerprint density at radius 1 is 1.47 bits per heavy atom. The number of nitrogens with two attached hydrogens (primary N) is 1. The quantitative estimate of drug-likeness (QED) is 0.843. The summed E-state index contributed by atoms with van der Waals surface area (Å²) in [7, 11) is 2.17. The average Bonchev–Trinajstić information content (AvgIpc) is 2.93. The topological polar surface area (TPSA) is 46.6 Å². The van der Waals surface area contributed by atoms with Crippen molar-refractivity contribution in [2.45, 2.75) is 18.9 Å². The van der Waals surface area contributed by atoms with Gasteiger partial charge in [-0.3, -0.25) is 0 Å². The molecule has 2 aromatic heterocycles. The van der Waals surface area contributed by atoms with Crippen molar-refractivity contribution in [3.05, 3.63) is 35.9 Å². The maximum Gasteiger partial charge on any atom is 0.117 e. The normalized spacial score (nSPS) is 21.4. The van der Waals surface area contributed by atoms with Crippen molar-refractivity contribution in [3.8, 4) is 0 Å². The molecule has 1 aliphatic rings. The van der Waals surface area contributed by atoms with Gasteiger partial charge in [0.25, 0.3) is 0 Å². The molecule has 2 N–H and O–H groups in total. The number of fused-ring (bicyclic) bond motifs is 1. The van der Waals surface area contributed by atoms with Crippen LogP contribution in [0.5, 0.6) is 0 Å². The predicted octanol–water partition coefficient (Wildman–Crippen LogP) is 1.21. The molecule has 1 fully saturated rings. The van der Waals surface area contributed by atoms with Crippen LogP contribution in [0.25, 0.3) is 5.52 Å². The molecule has 0 saturated carbocycles. The van der Waals surface area contributed by atoms with Crippen molar-refractivity contribution in [1.29, 1.82) is 0 Å². The highest BCUT2D eigenvalue weighted by Gasteiger charge is 2.24. The van der Waals surface area contributed by atoms with E-state index in [0.29, 0.717) is 12.5 Å². The molecule has 1 atom stereocenters. The third-order valence-electron chi connectivity index (χ3n) is 3.61. The minimum atomic E-state index is 0.551. The van der Waals surface area contributed by atoms with Gasteiger partial charge in [0.1, 0.15) is 5.82 Å². The monoisotopic (exact) mass is 230 g/mol. The number of pyridine rings is 1. The van der Waals surface area contributed by atoms with E-state index < -0.39 is 0 Å². The largest absolute Gasteiger partial charge is 0.326 e. The lowest BCUT2D eigenvalue weighted by Gasteiger charge is -2.10. The summed E-state index contributed by atoms with van der Waals surface area (Å²) in [5.74, 6) is 1.73. The lowest BCUT2D eigenvalue weighted by Crippen LogP contribution is -2.14. The summed E-state index contributed by atoms with van der Waals surface area (Å²) in [5, 5.41) is 0. The molecule has 0 bridgehead atoms. The average molecular weight is 230 g/mol. The third kappa shape index (κ3) is 1.83. The summed E-state index contributed by atoms with van der Waals surface area (Å²) >= 11 is 0. The summed E-state index contributed by atoms with van der Waals surface area (Å²) in [6.07, 6.45) is 5.27. The number of aromatic nitrogens is 2. The fourth-order valence-corrected chi connectivity index (χ4v) is 2.62. The van der Waals surface area contributed by atoms with Crippen LogP contribution in [0, 0.1) is 0 Å². The molecule has 3 rings (SSSR count). The minimum absolute atomic E-state index is 0.551. The summed E-state index contributed by atoms with van der Waals surface area (Å²) in [5.41, 5.74) is 8.01. The zero-order valence-electron chi connectivity index (χ0n) is 10.1. The lowest BCUT2D eigenvalue weighted by molar-refractivity contribution is 0.409. The molecule has 0 aromatic carbocycles. The van der Waals surface area contributed by atoms with Gasteiger partial charge in [-0.25, -0.2) is 4.98 Å². The number of likely N-dealkylation sites (tertiary alicyclic amines) is 1. The van der Waals surface area contributed by atoms with E-state index in [2.05, 4.69) is 39.7 Å². The van der Waals surface area contributed by atoms with E-state index in [1.807, 2.05) is 6.20 Å². The molecule has 0 amide bonds. The Balaban J connectivity index is 2.04. The first-order valence-electron chi connectivity index (χ1n) is 6.12. The molecule has 0 spiro atoms. The van der Waals surface area contributed by atoms with E-state index in [-0.39, 0.29) is 0 Å². The number of hydrogen-bond donors (Lipinski definition) is 1. The smallest absolute Gasteiger partial charge is 0.117 e. The zero-order valence-corrected chi connectivity index (χ0v) is 10.1. The molecule has 90 valence electrons. The predicted molar refractivity (Wildman–Crippen MR) is 67.9 cm³/mol. The van der Waals surface area contributed by atoms with Gasteiger partial charge >= 0.3 is 0 Å². The molecule has 3 heterocycles. The molecule has 4 nitrogen and oxygen atoms in total. The van der Waals surface area contributed by atoms with Crippen LogP contribution in [0.4, 0.5) is 0 Å². The third-order valence-corrected chi connectivity index (χ3v) is 3.61. The molecule has 1 aliphatic heterocycles. The lowest BCUT2D eigenvalue weighted by atomic mass is 10.1. The van der Waals surface area contributed by atoms with E-state index in [1.165, 1.54) is 12.2 Å². The van der Waals surface area contributed by atoms with Crippen LogP contribution in [-0.2, 0) is 6.54 Å². The second kappa shape index (κ2) is 4.13. The van der Waals surface area contributed by atoms with Crippen molar-refractivity contribution in [2.75, 3.05) is 20.1 Å². The Labute approximate surface area is 101 Å². The highest BCUT2D eigenvalue weighted by atomic mass is 15.1. The standard InChI is InChI=1S/C13H18N4/c1-16-5-4-11(9-16)13-15-7-12-3-2-10(6-14)8-17(12)13/h2-3,7-8,11H,4-6,9,14H2,1H3. The van der Waals surface area contributed by atoms with E-state index in [4.69, 9.17) is 5.73 Å². The van der Waals surface area contributed by atoms with Gasteiger partial charge in [-0.1, -0.05) is 6.07 Å². The number of nitrogens with zero attached hydrogens (tertiary/aromatic N) is 3. The Morgan fingerprint density at radius 2 is 2.35 bits per heavy atom. The highest BCUT2D eigenvalue weighted by molar-refractivity contribution is 5.47. The Hall–Kier alpha value is -1.39. The van der Waals surface area contributed by atoms with Crippen LogP contribution >= 0.6 is 0 Å². The molecule has 1 unspecified atom stereocenters. The van der Waals surface area contributed by atoms with Gasteiger partial charge in [-0.2, -0.15) is 0 Å². The number of imidazole rings is 1. The Bertz CT molecular complexity index is 531. The highest BCUT2D eigenvalue weighted by Crippen LogP contribution is 2.26. The summed E-state index contributed by atoms with van der Waals surface area (Å²) in [6, 6.07) is 4.17. The number of likely N-dealkylation sites (N-methyl/N-ethyl adjacent to an activating group) is 1. The molecule has 2 aromatic rings. The Morgan fingerprint density at radius 3 is 3.06 bits per heavy atom. The van der Waals surface area contributed by atoms with Gasteiger partial charge in [0.05, 0.1) is 11.7 Å². The molecule has 1 saturated heterocycles. The van der Waals surface area contributed by atoms with Crippen molar-refractivity contribution in [1.82, 2.24) is 14.3 Å². The van der Waals surface area contributed by atoms with E-state index >= 15 is 0 Å². The Kier molecular flexibility index (Phi) is 2.61. The zero-order chi connectivity index (χ0) is 11.8. The SMILES string of the molecule is CN1CCC(c2ncc3ccc(CN)cn23)C1.